The normalized spacial score (nSPS) is 16.1. The first-order chi connectivity index (χ1) is 16.4. The van der Waals surface area contributed by atoms with Crippen LogP contribution < -0.4 is 5.32 Å². The molecule has 1 fully saturated rings. The summed E-state index contributed by atoms with van der Waals surface area (Å²) < 4.78 is 15.3. The van der Waals surface area contributed by atoms with Gasteiger partial charge < -0.3 is 14.8 Å². The number of hydrogen-bond acceptors (Lipinski definition) is 2. The number of piperidine rings is 1. The molecule has 1 unspecified atom stereocenters. The molecule has 0 radical (unpaired) electrons. The molecule has 34 heavy (non-hydrogen) atoms. The van der Waals surface area contributed by atoms with Crippen LogP contribution in [0, 0.1) is 5.82 Å². The quantitative estimate of drug-likeness (QED) is 0.472. The zero-order valence-electron chi connectivity index (χ0n) is 19.5. The van der Waals surface area contributed by atoms with Crippen LogP contribution in [0.2, 0.25) is 5.02 Å². The van der Waals surface area contributed by atoms with Crippen molar-refractivity contribution in [1.29, 1.82) is 0 Å². The Morgan fingerprint density at radius 2 is 1.94 bits per heavy atom. The van der Waals surface area contributed by atoms with Gasteiger partial charge in [0.1, 0.15) is 5.82 Å². The van der Waals surface area contributed by atoms with E-state index in [0.717, 1.165) is 48.7 Å². The first-order valence-electron chi connectivity index (χ1n) is 12.0. The van der Waals surface area contributed by atoms with Gasteiger partial charge in [-0.2, -0.15) is 0 Å². The standard InChI is InChI=1S/C27H31ClFN3O2/c1-19(33)30-13-15-32-25(16-21-9-10-23(28)17-26(21)32)22-5-3-14-31(18-22)27(34)6-2-4-20-7-11-24(29)12-8-20/h7-12,16-17,22H,2-6,13-15,18H2,1H3,(H,30,33). The van der Waals surface area contributed by atoms with E-state index in [9.17, 15) is 14.0 Å². The Morgan fingerprint density at radius 3 is 2.71 bits per heavy atom. The van der Waals surface area contributed by atoms with E-state index < -0.39 is 0 Å². The van der Waals surface area contributed by atoms with Crippen molar-refractivity contribution < 1.29 is 14.0 Å². The first kappa shape index (κ1) is 24.3. The minimum Gasteiger partial charge on any atom is -0.355 e. The molecule has 2 heterocycles. The monoisotopic (exact) mass is 483 g/mol. The number of benzene rings is 2. The summed E-state index contributed by atoms with van der Waals surface area (Å²) in [5.74, 6) is 0.121. The van der Waals surface area contributed by atoms with Crippen LogP contribution in [0.4, 0.5) is 4.39 Å². The van der Waals surface area contributed by atoms with E-state index >= 15 is 0 Å². The van der Waals surface area contributed by atoms with Crippen LogP contribution in [0.25, 0.3) is 10.9 Å². The molecule has 5 nitrogen and oxygen atoms in total. The predicted octanol–water partition coefficient (Wildman–Crippen LogP) is 5.30. The number of carbonyl (C=O) groups excluding carboxylic acids is 2. The molecule has 180 valence electrons. The number of aryl methyl sites for hydroxylation is 1. The van der Waals surface area contributed by atoms with E-state index in [1.807, 2.05) is 23.1 Å². The zero-order chi connectivity index (χ0) is 24.1. The second-order valence-electron chi connectivity index (χ2n) is 9.07. The minimum atomic E-state index is -0.240. The molecule has 0 bridgehead atoms. The number of amides is 2. The molecule has 0 saturated carbocycles. The number of hydrogen-bond donors (Lipinski definition) is 1. The van der Waals surface area contributed by atoms with E-state index in [1.165, 1.54) is 24.8 Å². The molecule has 0 spiro atoms. The van der Waals surface area contributed by atoms with Crippen molar-refractivity contribution in [3.63, 3.8) is 0 Å². The Balaban J connectivity index is 1.44. The van der Waals surface area contributed by atoms with Crippen molar-refractivity contribution in [3.05, 3.63) is 70.6 Å². The Hall–Kier alpha value is -2.86. The Labute approximate surface area is 204 Å². The molecular formula is C27H31ClFN3O2. The van der Waals surface area contributed by atoms with Crippen LogP contribution in [-0.4, -0.2) is 40.9 Å². The second kappa shape index (κ2) is 11.0. The highest BCUT2D eigenvalue weighted by molar-refractivity contribution is 6.31. The lowest BCUT2D eigenvalue weighted by atomic mass is 9.94. The van der Waals surface area contributed by atoms with Crippen LogP contribution >= 0.6 is 11.6 Å². The number of aromatic nitrogens is 1. The summed E-state index contributed by atoms with van der Waals surface area (Å²) >= 11 is 6.28. The van der Waals surface area contributed by atoms with Gasteiger partial charge in [0.2, 0.25) is 11.8 Å². The van der Waals surface area contributed by atoms with Gasteiger partial charge in [-0.15, -0.1) is 0 Å². The highest BCUT2D eigenvalue weighted by atomic mass is 35.5. The Bertz CT molecular complexity index is 1160. The molecule has 1 saturated heterocycles. The van der Waals surface area contributed by atoms with Crippen molar-refractivity contribution in [1.82, 2.24) is 14.8 Å². The second-order valence-corrected chi connectivity index (χ2v) is 9.50. The largest absolute Gasteiger partial charge is 0.355 e. The van der Waals surface area contributed by atoms with Gasteiger partial charge in [0.15, 0.2) is 0 Å². The average Bonchev–Trinajstić information content (AvgIpc) is 3.18. The summed E-state index contributed by atoms with van der Waals surface area (Å²) in [4.78, 5) is 26.3. The maximum absolute atomic E-state index is 13.1. The first-order valence-corrected chi connectivity index (χ1v) is 12.3. The fourth-order valence-electron chi connectivity index (χ4n) is 4.88. The van der Waals surface area contributed by atoms with Gasteiger partial charge in [0, 0.05) is 61.7 Å². The van der Waals surface area contributed by atoms with Crippen molar-refractivity contribution >= 4 is 34.3 Å². The van der Waals surface area contributed by atoms with Crippen LogP contribution in [0.5, 0.6) is 0 Å². The average molecular weight is 484 g/mol. The predicted molar refractivity (Wildman–Crippen MR) is 134 cm³/mol. The van der Waals surface area contributed by atoms with Crippen molar-refractivity contribution in [3.8, 4) is 0 Å². The number of carbonyl (C=O) groups is 2. The van der Waals surface area contributed by atoms with Gasteiger partial charge >= 0.3 is 0 Å². The molecular weight excluding hydrogens is 453 g/mol. The lowest BCUT2D eigenvalue weighted by Gasteiger charge is -2.33. The topological polar surface area (TPSA) is 54.3 Å². The van der Waals surface area contributed by atoms with E-state index in [-0.39, 0.29) is 23.5 Å². The third-order valence-corrected chi connectivity index (χ3v) is 6.80. The summed E-state index contributed by atoms with van der Waals surface area (Å²) in [6.07, 6.45) is 3.99. The number of nitrogens with zero attached hydrogens (tertiary/aromatic N) is 2. The van der Waals surface area contributed by atoms with Crippen molar-refractivity contribution in [2.24, 2.45) is 0 Å². The smallest absolute Gasteiger partial charge is 0.222 e. The summed E-state index contributed by atoms with van der Waals surface area (Å²) in [6.45, 7) is 4.19. The molecule has 2 amide bonds. The van der Waals surface area contributed by atoms with E-state index in [2.05, 4.69) is 16.0 Å². The van der Waals surface area contributed by atoms with Gasteiger partial charge in [-0.25, -0.2) is 4.39 Å². The Kier molecular flexibility index (Phi) is 7.88. The SMILES string of the molecule is CC(=O)NCCn1c(C2CCCN(C(=O)CCCc3ccc(F)cc3)C2)cc2ccc(Cl)cc21. The summed E-state index contributed by atoms with van der Waals surface area (Å²) in [5.41, 5.74) is 3.29. The molecule has 0 aliphatic carbocycles. The van der Waals surface area contributed by atoms with E-state index in [1.54, 1.807) is 12.1 Å². The van der Waals surface area contributed by atoms with Gasteiger partial charge in [-0.05, 0) is 67.0 Å². The molecule has 7 heteroatoms. The van der Waals surface area contributed by atoms with Crippen molar-refractivity contribution in [2.75, 3.05) is 19.6 Å². The summed E-state index contributed by atoms with van der Waals surface area (Å²) in [6, 6.07) is 14.6. The molecule has 1 N–H and O–H groups in total. The van der Waals surface area contributed by atoms with Crippen LogP contribution in [0.15, 0.2) is 48.5 Å². The molecule has 1 aliphatic rings. The lowest BCUT2D eigenvalue weighted by molar-refractivity contribution is -0.132. The zero-order valence-corrected chi connectivity index (χ0v) is 20.3. The third kappa shape index (κ3) is 5.98. The summed E-state index contributed by atoms with van der Waals surface area (Å²) in [7, 11) is 0. The molecule has 1 atom stereocenters. The highest BCUT2D eigenvalue weighted by Crippen LogP contribution is 2.33. The minimum absolute atomic E-state index is 0.0499. The molecule has 1 aliphatic heterocycles. The maximum Gasteiger partial charge on any atom is 0.222 e. The third-order valence-electron chi connectivity index (χ3n) is 6.57. The number of rotatable bonds is 8. The van der Waals surface area contributed by atoms with Crippen molar-refractivity contribution in [2.45, 2.75) is 51.5 Å². The fraction of sp³-hybridized carbons (Fsp3) is 0.407. The number of fused-ring (bicyclic) bond motifs is 1. The van der Waals surface area contributed by atoms with E-state index in [0.29, 0.717) is 31.1 Å². The fourth-order valence-corrected chi connectivity index (χ4v) is 5.04. The Morgan fingerprint density at radius 1 is 1.15 bits per heavy atom. The summed E-state index contributed by atoms with van der Waals surface area (Å²) in [5, 5.41) is 4.68. The molecule has 2 aromatic carbocycles. The number of nitrogens with one attached hydrogen (secondary N) is 1. The van der Waals surface area contributed by atoms with Crippen LogP contribution in [0.1, 0.15) is 49.8 Å². The maximum atomic E-state index is 13.1. The van der Waals surface area contributed by atoms with Crippen LogP contribution in [-0.2, 0) is 22.6 Å². The van der Waals surface area contributed by atoms with E-state index in [4.69, 9.17) is 11.6 Å². The lowest BCUT2D eigenvalue weighted by Crippen LogP contribution is -2.39. The highest BCUT2D eigenvalue weighted by Gasteiger charge is 2.27. The molecule has 3 aromatic rings. The number of halogens is 2. The molecule has 1 aromatic heterocycles. The van der Waals surface area contributed by atoms with Gasteiger partial charge in [0.05, 0.1) is 0 Å². The van der Waals surface area contributed by atoms with Gasteiger partial charge in [0.25, 0.3) is 0 Å². The number of likely N-dealkylation sites (tertiary alicyclic amines) is 1. The van der Waals surface area contributed by atoms with Gasteiger partial charge in [-0.1, -0.05) is 29.8 Å². The van der Waals surface area contributed by atoms with Crippen LogP contribution in [0.3, 0.4) is 0 Å². The molecule has 4 rings (SSSR count). The van der Waals surface area contributed by atoms with Gasteiger partial charge in [-0.3, -0.25) is 9.59 Å².